The molecule has 2 atom stereocenters. The Morgan fingerprint density at radius 3 is 2.39 bits per heavy atom. The molecule has 0 aromatic heterocycles. The lowest BCUT2D eigenvalue weighted by Gasteiger charge is -2.33. The van der Waals surface area contributed by atoms with Gasteiger partial charge in [-0.3, -0.25) is 0 Å². The molecule has 248 valence electrons. The molecule has 2 unspecified atom stereocenters. The lowest BCUT2D eigenvalue weighted by atomic mass is 10.1. The van der Waals surface area contributed by atoms with Crippen molar-refractivity contribution in [1.82, 2.24) is 4.90 Å². The average molecular weight is 673 g/mol. The van der Waals surface area contributed by atoms with Crippen LogP contribution in [0, 0.1) is 0 Å². The van der Waals surface area contributed by atoms with Crippen molar-refractivity contribution >= 4 is 39.2 Å². The predicted octanol–water partition coefficient (Wildman–Crippen LogP) is 6.98. The number of carbonyl (C=O) groups is 2. The first-order chi connectivity index (χ1) is 21.8. The SMILES string of the molecule is CNc1ccc(S(=O)(=O)c2ccc(CCN(CC(OC3CCCCO3)c3cccc(Cl)c3)C(=O)OC(C)(C)C)cc2)cc1C(=O)O. The summed E-state index contributed by atoms with van der Waals surface area (Å²) in [5.74, 6) is -1.24. The molecule has 0 aliphatic carbocycles. The minimum absolute atomic E-state index is 0.0238. The molecule has 1 aliphatic heterocycles. The van der Waals surface area contributed by atoms with Crippen molar-refractivity contribution in [2.75, 3.05) is 32.1 Å². The molecule has 10 nitrogen and oxygen atoms in total. The van der Waals surface area contributed by atoms with Crippen LogP contribution in [0.5, 0.6) is 0 Å². The fourth-order valence-corrected chi connectivity index (χ4v) is 6.53. The van der Waals surface area contributed by atoms with E-state index < -0.39 is 39.9 Å². The molecule has 0 spiro atoms. The van der Waals surface area contributed by atoms with Gasteiger partial charge in [0.2, 0.25) is 9.84 Å². The van der Waals surface area contributed by atoms with Crippen LogP contribution in [-0.2, 0) is 30.5 Å². The van der Waals surface area contributed by atoms with Crippen LogP contribution in [0.25, 0.3) is 0 Å². The molecule has 3 aromatic rings. The summed E-state index contributed by atoms with van der Waals surface area (Å²) in [5.41, 5.74) is 1.04. The second kappa shape index (κ2) is 15.3. The third kappa shape index (κ3) is 9.45. The summed E-state index contributed by atoms with van der Waals surface area (Å²) < 4.78 is 44.6. The highest BCUT2D eigenvalue weighted by molar-refractivity contribution is 7.91. The molecule has 46 heavy (non-hydrogen) atoms. The van der Waals surface area contributed by atoms with Crippen molar-refractivity contribution in [2.24, 2.45) is 0 Å². The van der Waals surface area contributed by atoms with Crippen molar-refractivity contribution < 1.29 is 37.3 Å². The fourth-order valence-electron chi connectivity index (χ4n) is 5.04. The molecule has 0 radical (unpaired) electrons. The van der Waals surface area contributed by atoms with Crippen molar-refractivity contribution in [2.45, 2.75) is 74.2 Å². The van der Waals surface area contributed by atoms with E-state index in [0.717, 1.165) is 36.5 Å². The summed E-state index contributed by atoms with van der Waals surface area (Å²) in [6, 6.07) is 17.6. The molecule has 1 amide bonds. The van der Waals surface area contributed by atoms with Gasteiger partial charge in [0.25, 0.3) is 0 Å². The summed E-state index contributed by atoms with van der Waals surface area (Å²) in [6.45, 7) is 6.45. The van der Waals surface area contributed by atoms with Gasteiger partial charge in [-0.25, -0.2) is 18.0 Å². The Labute approximate surface area is 275 Å². The predicted molar refractivity (Wildman–Crippen MR) is 175 cm³/mol. The number of hydrogen-bond acceptors (Lipinski definition) is 8. The Kier molecular flexibility index (Phi) is 11.7. The first-order valence-electron chi connectivity index (χ1n) is 15.2. The number of hydrogen-bond donors (Lipinski definition) is 2. The van der Waals surface area contributed by atoms with E-state index in [1.165, 1.54) is 24.3 Å². The number of anilines is 1. The summed E-state index contributed by atoms with van der Waals surface area (Å²) in [7, 11) is -2.42. The number of nitrogens with one attached hydrogen (secondary N) is 1. The molecule has 1 aliphatic rings. The largest absolute Gasteiger partial charge is 0.478 e. The first-order valence-corrected chi connectivity index (χ1v) is 17.0. The van der Waals surface area contributed by atoms with Crippen molar-refractivity contribution in [1.29, 1.82) is 0 Å². The van der Waals surface area contributed by atoms with Gasteiger partial charge in [-0.2, -0.15) is 0 Å². The van der Waals surface area contributed by atoms with Gasteiger partial charge in [0.05, 0.1) is 21.9 Å². The van der Waals surface area contributed by atoms with E-state index in [0.29, 0.717) is 23.7 Å². The Morgan fingerprint density at radius 1 is 1.07 bits per heavy atom. The minimum Gasteiger partial charge on any atom is -0.478 e. The van der Waals surface area contributed by atoms with Crippen LogP contribution in [0.15, 0.2) is 76.5 Å². The number of ether oxygens (including phenoxy) is 3. The Hall–Kier alpha value is -3.64. The second-order valence-electron chi connectivity index (χ2n) is 12.1. The molecule has 1 saturated heterocycles. The summed E-state index contributed by atoms with van der Waals surface area (Å²) >= 11 is 6.31. The Balaban J connectivity index is 1.54. The number of sulfone groups is 1. The highest BCUT2D eigenvalue weighted by atomic mass is 35.5. The van der Waals surface area contributed by atoms with Gasteiger partial charge in [0, 0.05) is 30.9 Å². The van der Waals surface area contributed by atoms with Crippen molar-refractivity contribution in [3.63, 3.8) is 0 Å². The summed E-state index contributed by atoms with van der Waals surface area (Å²) in [6.07, 6.45) is 1.65. The number of amides is 1. The molecular weight excluding hydrogens is 632 g/mol. The molecule has 2 N–H and O–H groups in total. The minimum atomic E-state index is -3.98. The number of aromatic carboxylic acids is 1. The Bertz CT molecular complexity index is 1620. The van der Waals surface area contributed by atoms with E-state index in [2.05, 4.69) is 5.32 Å². The number of carboxylic acids is 1. The second-order valence-corrected chi connectivity index (χ2v) is 14.4. The zero-order chi connectivity index (χ0) is 33.5. The number of nitrogens with zero attached hydrogens (tertiary/aromatic N) is 1. The van der Waals surface area contributed by atoms with E-state index in [1.807, 2.05) is 18.2 Å². The third-order valence-corrected chi connectivity index (χ3v) is 9.42. The standard InChI is InChI=1S/C34H41ClN2O8S/c1-34(2,3)45-33(40)37(22-30(24-8-7-9-25(35)20-24)44-31-10-5-6-19-43-31)18-17-23-11-13-26(14-12-23)46(41,42)27-15-16-29(36-4)28(21-27)32(38)39/h7-9,11-16,20-21,30-31,36H,5-6,10,17-19,22H2,1-4H3,(H,38,39). The van der Waals surface area contributed by atoms with Crippen LogP contribution in [0.3, 0.4) is 0 Å². The molecule has 0 saturated carbocycles. The highest BCUT2D eigenvalue weighted by Crippen LogP contribution is 2.29. The van der Waals surface area contributed by atoms with E-state index in [1.54, 1.807) is 50.9 Å². The lowest BCUT2D eigenvalue weighted by molar-refractivity contribution is -0.192. The number of rotatable bonds is 12. The number of benzene rings is 3. The maximum atomic E-state index is 13.4. The number of carboxylic acid groups (broad SMARTS) is 1. The summed E-state index contributed by atoms with van der Waals surface area (Å²) in [4.78, 5) is 26.6. The zero-order valence-electron chi connectivity index (χ0n) is 26.5. The quantitative estimate of drug-likeness (QED) is 0.209. The van der Waals surface area contributed by atoms with Crippen LogP contribution in [0.4, 0.5) is 10.5 Å². The molecule has 1 fully saturated rings. The molecule has 12 heteroatoms. The van der Waals surface area contributed by atoms with Gasteiger partial charge >= 0.3 is 12.1 Å². The van der Waals surface area contributed by atoms with Gasteiger partial charge < -0.3 is 29.5 Å². The van der Waals surface area contributed by atoms with Crippen molar-refractivity contribution in [3.05, 3.63) is 88.4 Å². The zero-order valence-corrected chi connectivity index (χ0v) is 28.1. The third-order valence-electron chi connectivity index (χ3n) is 7.42. The molecule has 1 heterocycles. The van der Waals surface area contributed by atoms with Gasteiger partial charge in [0.15, 0.2) is 6.29 Å². The number of carbonyl (C=O) groups excluding carboxylic acids is 1. The molecule has 4 rings (SSSR count). The molecule has 0 bridgehead atoms. The molecular formula is C34H41ClN2O8S. The highest BCUT2D eigenvalue weighted by Gasteiger charge is 2.29. The maximum Gasteiger partial charge on any atom is 0.410 e. The first kappa shape index (κ1) is 35.2. The van der Waals surface area contributed by atoms with E-state index >= 15 is 0 Å². The van der Waals surface area contributed by atoms with Crippen LogP contribution in [-0.4, -0.2) is 69.1 Å². The van der Waals surface area contributed by atoms with Crippen LogP contribution >= 0.6 is 11.6 Å². The van der Waals surface area contributed by atoms with E-state index in [9.17, 15) is 23.1 Å². The van der Waals surface area contributed by atoms with E-state index in [4.69, 9.17) is 25.8 Å². The maximum absolute atomic E-state index is 13.4. The van der Waals surface area contributed by atoms with Gasteiger partial charge in [0.1, 0.15) is 11.7 Å². The normalized spacial score (nSPS) is 16.0. The lowest BCUT2D eigenvalue weighted by Crippen LogP contribution is -2.41. The fraction of sp³-hybridized carbons (Fsp3) is 0.412. The van der Waals surface area contributed by atoms with Crippen LogP contribution < -0.4 is 5.32 Å². The number of halogens is 1. The Morgan fingerprint density at radius 2 is 1.78 bits per heavy atom. The molecule has 3 aromatic carbocycles. The average Bonchev–Trinajstić information content (AvgIpc) is 3.02. The van der Waals surface area contributed by atoms with Crippen molar-refractivity contribution in [3.8, 4) is 0 Å². The van der Waals surface area contributed by atoms with Gasteiger partial charge in [-0.05, 0) is 100 Å². The monoisotopic (exact) mass is 672 g/mol. The smallest absolute Gasteiger partial charge is 0.410 e. The van der Waals surface area contributed by atoms with Gasteiger partial charge in [-0.15, -0.1) is 0 Å². The topological polar surface area (TPSA) is 131 Å². The van der Waals surface area contributed by atoms with Crippen LogP contribution in [0.1, 0.15) is 67.6 Å². The van der Waals surface area contributed by atoms with Gasteiger partial charge in [-0.1, -0.05) is 35.9 Å². The summed E-state index contributed by atoms with van der Waals surface area (Å²) in [5, 5.41) is 12.8. The van der Waals surface area contributed by atoms with E-state index in [-0.39, 0.29) is 28.4 Å². The van der Waals surface area contributed by atoms with Crippen LogP contribution in [0.2, 0.25) is 5.02 Å².